The van der Waals surface area contributed by atoms with E-state index in [1.54, 1.807) is 0 Å². The monoisotopic (exact) mass is 468 g/mol. The first-order valence-electron chi connectivity index (χ1n) is 11.9. The number of hydrogen-bond acceptors (Lipinski definition) is 5. The molecule has 1 saturated heterocycles. The average Bonchev–Trinajstić information content (AvgIpc) is 2.90. The number of esters is 1. The largest absolute Gasteiger partial charge is 0.452 e. The fourth-order valence-electron chi connectivity index (χ4n) is 4.57. The van der Waals surface area contributed by atoms with Gasteiger partial charge < -0.3 is 14.8 Å². The molecule has 6 heteroatoms. The third kappa shape index (κ3) is 5.34. The molecule has 0 bridgehead atoms. The summed E-state index contributed by atoms with van der Waals surface area (Å²) in [5.41, 5.74) is 2.72. The Balaban J connectivity index is 1.24. The van der Waals surface area contributed by atoms with Gasteiger partial charge in [0.05, 0.1) is 18.8 Å². The Labute approximate surface area is 204 Å². The second-order valence-electron chi connectivity index (χ2n) is 8.70. The van der Waals surface area contributed by atoms with Crippen LogP contribution in [0.15, 0.2) is 78.9 Å². The lowest BCUT2D eigenvalue weighted by atomic mass is 9.97. The van der Waals surface area contributed by atoms with Crippen LogP contribution in [-0.2, 0) is 27.4 Å². The number of carbonyl (C=O) groups is 2. The van der Waals surface area contributed by atoms with Crippen LogP contribution in [0.5, 0.6) is 0 Å². The van der Waals surface area contributed by atoms with Crippen LogP contribution in [0, 0.1) is 0 Å². The molecule has 0 unspecified atom stereocenters. The van der Waals surface area contributed by atoms with Crippen molar-refractivity contribution < 1.29 is 19.1 Å². The fraction of sp³-hybridized carbons (Fsp3) is 0.241. The zero-order chi connectivity index (χ0) is 24.0. The lowest BCUT2D eigenvalue weighted by Crippen LogP contribution is -2.36. The number of carbonyl (C=O) groups excluding carboxylic acids is 2. The highest BCUT2D eigenvalue weighted by Gasteiger charge is 2.18. The van der Waals surface area contributed by atoms with Crippen LogP contribution < -0.4 is 5.32 Å². The second-order valence-corrected chi connectivity index (χ2v) is 8.70. The molecule has 0 aromatic heterocycles. The SMILES string of the molecule is O=C(COC(=O)c1c2ccccc2cc2ccccc12)NCc1ccccc1CN1CCOCC1. The maximum Gasteiger partial charge on any atom is 0.339 e. The van der Waals surface area contributed by atoms with E-state index in [4.69, 9.17) is 9.47 Å². The van der Waals surface area contributed by atoms with E-state index in [1.165, 1.54) is 5.56 Å². The number of fused-ring (bicyclic) bond motifs is 2. The first-order chi connectivity index (χ1) is 17.2. The van der Waals surface area contributed by atoms with Gasteiger partial charge in [-0.1, -0.05) is 72.8 Å². The van der Waals surface area contributed by atoms with E-state index in [1.807, 2.05) is 66.7 Å². The van der Waals surface area contributed by atoms with E-state index in [0.717, 1.165) is 60.0 Å². The minimum Gasteiger partial charge on any atom is -0.452 e. The number of nitrogens with zero attached hydrogens (tertiary/aromatic N) is 1. The molecule has 178 valence electrons. The molecule has 0 spiro atoms. The highest BCUT2D eigenvalue weighted by Crippen LogP contribution is 2.29. The molecule has 1 heterocycles. The molecule has 1 aliphatic rings. The van der Waals surface area contributed by atoms with Crippen molar-refractivity contribution in [1.29, 1.82) is 0 Å². The van der Waals surface area contributed by atoms with E-state index in [9.17, 15) is 9.59 Å². The van der Waals surface area contributed by atoms with Crippen LogP contribution in [0.1, 0.15) is 21.5 Å². The number of morpholine rings is 1. The van der Waals surface area contributed by atoms with Gasteiger partial charge in [-0.3, -0.25) is 9.69 Å². The van der Waals surface area contributed by atoms with Crippen molar-refractivity contribution in [1.82, 2.24) is 10.2 Å². The molecule has 0 aliphatic carbocycles. The van der Waals surface area contributed by atoms with E-state index in [2.05, 4.69) is 22.3 Å². The summed E-state index contributed by atoms with van der Waals surface area (Å²) in [6.45, 7) is 4.17. The van der Waals surface area contributed by atoms with Gasteiger partial charge in [0.2, 0.25) is 0 Å². The summed E-state index contributed by atoms with van der Waals surface area (Å²) < 4.78 is 10.9. The van der Waals surface area contributed by atoms with Crippen LogP contribution in [-0.4, -0.2) is 49.7 Å². The van der Waals surface area contributed by atoms with Gasteiger partial charge in [-0.05, 0) is 38.7 Å². The number of hydrogen-bond donors (Lipinski definition) is 1. The Morgan fingerprint density at radius 1 is 0.829 bits per heavy atom. The van der Waals surface area contributed by atoms with E-state index >= 15 is 0 Å². The Kier molecular flexibility index (Phi) is 7.02. The van der Waals surface area contributed by atoms with Gasteiger partial charge in [0.15, 0.2) is 6.61 Å². The van der Waals surface area contributed by atoms with E-state index < -0.39 is 5.97 Å². The number of nitrogens with one attached hydrogen (secondary N) is 1. The molecule has 1 fully saturated rings. The predicted octanol–water partition coefficient (Wildman–Crippen LogP) is 4.30. The van der Waals surface area contributed by atoms with Gasteiger partial charge in [-0.25, -0.2) is 4.79 Å². The molecule has 0 radical (unpaired) electrons. The maximum absolute atomic E-state index is 13.1. The zero-order valence-corrected chi connectivity index (χ0v) is 19.5. The van der Waals surface area contributed by atoms with Crippen molar-refractivity contribution in [3.63, 3.8) is 0 Å². The van der Waals surface area contributed by atoms with Crippen LogP contribution in [0.2, 0.25) is 0 Å². The molecule has 5 rings (SSSR count). The van der Waals surface area contributed by atoms with E-state index in [0.29, 0.717) is 12.1 Å². The standard InChI is InChI=1S/C29H28N2O4/c32-27(30-18-23-9-1-2-10-24(23)19-31-13-15-34-16-14-31)20-35-29(33)28-25-11-5-3-7-21(25)17-22-8-4-6-12-26(22)28/h1-12,17H,13-16,18-20H2,(H,30,32). The van der Waals surface area contributed by atoms with Gasteiger partial charge in [0.1, 0.15) is 0 Å². The maximum atomic E-state index is 13.1. The summed E-state index contributed by atoms with van der Waals surface area (Å²) in [5.74, 6) is -0.829. The van der Waals surface area contributed by atoms with Crippen molar-refractivity contribution in [2.45, 2.75) is 13.1 Å². The smallest absolute Gasteiger partial charge is 0.339 e. The molecule has 6 nitrogen and oxygen atoms in total. The van der Waals surface area contributed by atoms with Crippen molar-refractivity contribution in [2.24, 2.45) is 0 Å². The Morgan fingerprint density at radius 3 is 2.11 bits per heavy atom. The highest BCUT2D eigenvalue weighted by molar-refractivity contribution is 6.16. The zero-order valence-electron chi connectivity index (χ0n) is 19.5. The van der Waals surface area contributed by atoms with Crippen LogP contribution in [0.3, 0.4) is 0 Å². The first kappa shape index (κ1) is 23.0. The minimum atomic E-state index is -0.499. The normalized spacial score (nSPS) is 14.2. The summed E-state index contributed by atoms with van der Waals surface area (Å²) >= 11 is 0. The fourth-order valence-corrected chi connectivity index (χ4v) is 4.57. The molecular weight excluding hydrogens is 440 g/mol. The molecule has 1 N–H and O–H groups in total. The van der Waals surface area contributed by atoms with E-state index in [-0.39, 0.29) is 12.5 Å². The van der Waals surface area contributed by atoms with Gasteiger partial charge >= 0.3 is 5.97 Å². The number of benzene rings is 4. The predicted molar refractivity (Wildman–Crippen MR) is 136 cm³/mol. The van der Waals surface area contributed by atoms with Crippen molar-refractivity contribution >= 4 is 33.4 Å². The van der Waals surface area contributed by atoms with Gasteiger partial charge in [0.25, 0.3) is 5.91 Å². The molecule has 35 heavy (non-hydrogen) atoms. The molecule has 4 aromatic rings. The second kappa shape index (κ2) is 10.7. The minimum absolute atomic E-state index is 0.330. The lowest BCUT2D eigenvalue weighted by Gasteiger charge is -2.27. The molecule has 4 aromatic carbocycles. The summed E-state index contributed by atoms with van der Waals surface area (Å²) in [7, 11) is 0. The van der Waals surface area contributed by atoms with Crippen molar-refractivity contribution in [3.8, 4) is 0 Å². The summed E-state index contributed by atoms with van der Waals surface area (Å²) in [5, 5.41) is 6.44. The highest BCUT2D eigenvalue weighted by atomic mass is 16.5. The molecule has 1 amide bonds. The first-order valence-corrected chi connectivity index (χ1v) is 11.9. The van der Waals surface area contributed by atoms with Gasteiger partial charge in [-0.2, -0.15) is 0 Å². The Bertz CT molecular complexity index is 1310. The molecule has 0 atom stereocenters. The summed E-state index contributed by atoms with van der Waals surface area (Å²) in [6.07, 6.45) is 0. The summed E-state index contributed by atoms with van der Waals surface area (Å²) in [6, 6.07) is 25.6. The van der Waals surface area contributed by atoms with Crippen LogP contribution in [0.4, 0.5) is 0 Å². The van der Waals surface area contributed by atoms with Crippen LogP contribution in [0.25, 0.3) is 21.5 Å². The van der Waals surface area contributed by atoms with Crippen molar-refractivity contribution in [2.75, 3.05) is 32.9 Å². The molecule has 0 saturated carbocycles. The Hall–Kier alpha value is -3.74. The molecule has 1 aliphatic heterocycles. The summed E-state index contributed by atoms with van der Waals surface area (Å²) in [4.78, 5) is 28.0. The molecular formula is C29H28N2O4. The lowest BCUT2D eigenvalue weighted by molar-refractivity contribution is -0.124. The van der Waals surface area contributed by atoms with Gasteiger partial charge in [0, 0.05) is 26.2 Å². The number of rotatable bonds is 7. The van der Waals surface area contributed by atoms with Crippen LogP contribution >= 0.6 is 0 Å². The average molecular weight is 469 g/mol. The van der Waals surface area contributed by atoms with Gasteiger partial charge in [-0.15, -0.1) is 0 Å². The topological polar surface area (TPSA) is 67.9 Å². The van der Waals surface area contributed by atoms with Crippen molar-refractivity contribution in [3.05, 3.63) is 95.6 Å². The quantitative estimate of drug-likeness (QED) is 0.324. The third-order valence-corrected chi connectivity index (χ3v) is 6.40. The third-order valence-electron chi connectivity index (χ3n) is 6.40. The Morgan fingerprint density at radius 2 is 1.43 bits per heavy atom. The number of ether oxygens (including phenoxy) is 2. The number of amides is 1.